The number of hydrogen-bond acceptors (Lipinski definition) is 5. The third-order valence-corrected chi connectivity index (χ3v) is 7.62. The second-order valence-corrected chi connectivity index (χ2v) is 10.2. The molecule has 1 N–H and O–H groups in total. The molecule has 7 nitrogen and oxygen atoms in total. The van der Waals surface area contributed by atoms with Crippen LogP contribution in [0.2, 0.25) is 0 Å². The van der Waals surface area contributed by atoms with Crippen molar-refractivity contribution in [2.75, 3.05) is 26.2 Å². The van der Waals surface area contributed by atoms with E-state index in [2.05, 4.69) is 10.1 Å². The van der Waals surface area contributed by atoms with E-state index in [0.29, 0.717) is 28.1 Å². The van der Waals surface area contributed by atoms with E-state index in [0.717, 1.165) is 17.8 Å². The van der Waals surface area contributed by atoms with Crippen LogP contribution in [-0.4, -0.2) is 61.6 Å². The minimum atomic E-state index is -4.77. The third-order valence-electron chi connectivity index (χ3n) is 7.62. The molecule has 1 saturated heterocycles. The smallest absolute Gasteiger partial charge is 0.392 e. The van der Waals surface area contributed by atoms with Gasteiger partial charge in [-0.1, -0.05) is 18.2 Å². The van der Waals surface area contributed by atoms with E-state index in [-0.39, 0.29) is 73.8 Å². The Labute approximate surface area is 229 Å². The Morgan fingerprint density at radius 2 is 1.76 bits per heavy atom. The first-order chi connectivity index (χ1) is 19.5. The number of fused-ring (bicyclic) bond motifs is 4. The van der Waals surface area contributed by atoms with Crippen LogP contribution in [-0.2, 0) is 32.2 Å². The molecule has 2 aromatic carbocycles. The second kappa shape index (κ2) is 10.1. The fraction of sp³-hybridized carbons (Fsp3) is 0.321. The van der Waals surface area contributed by atoms with Crippen LogP contribution in [0.1, 0.15) is 38.3 Å². The molecule has 0 radical (unpaired) electrons. The number of nitrogens with zero attached hydrogens (tertiary/aromatic N) is 5. The first-order valence-corrected chi connectivity index (χ1v) is 12.9. The summed E-state index contributed by atoms with van der Waals surface area (Å²) in [7, 11) is 0. The molecule has 3 heterocycles. The van der Waals surface area contributed by atoms with Crippen LogP contribution < -0.4 is 0 Å². The monoisotopic (exact) mass is 575 g/mol. The average molecular weight is 576 g/mol. The molecule has 0 atom stereocenters. The number of aliphatic hydroxyl groups is 1. The predicted molar refractivity (Wildman–Crippen MR) is 134 cm³/mol. The molecular formula is C28H23F6N5O2. The highest BCUT2D eigenvalue weighted by Gasteiger charge is 2.41. The zero-order valence-corrected chi connectivity index (χ0v) is 21.5. The van der Waals surface area contributed by atoms with Crippen LogP contribution in [0.5, 0.6) is 0 Å². The zero-order valence-electron chi connectivity index (χ0n) is 21.5. The van der Waals surface area contributed by atoms with Crippen molar-refractivity contribution in [3.63, 3.8) is 0 Å². The fourth-order valence-corrected chi connectivity index (χ4v) is 5.62. The predicted octanol–water partition coefficient (Wildman–Crippen LogP) is 4.38. The Morgan fingerprint density at radius 3 is 2.46 bits per heavy atom. The number of carbonyl (C=O) groups excluding carboxylic acids is 1. The van der Waals surface area contributed by atoms with Gasteiger partial charge in [0, 0.05) is 55.5 Å². The molecule has 1 amide bonds. The highest BCUT2D eigenvalue weighted by atomic mass is 19.4. The van der Waals surface area contributed by atoms with Gasteiger partial charge in [-0.05, 0) is 30.0 Å². The standard InChI is InChI=1S/C28H23F6N5O2/c29-18-10-17(23(31)22(30)11-18)13-37-5-7-38(8-6-37)27(41)21-12-35-39-25(28(32,33)34)20-4-2-16-9-15(14-40)1-3-19(16)24(20)36-26(21)39/h1,3,9-12,40H,2,4-8,13-14H2. The molecule has 214 valence electrons. The summed E-state index contributed by atoms with van der Waals surface area (Å²) in [5.74, 6) is -3.88. The molecule has 2 aromatic heterocycles. The number of halogens is 6. The van der Waals surface area contributed by atoms with E-state index in [1.165, 1.54) is 4.90 Å². The van der Waals surface area contributed by atoms with Gasteiger partial charge in [0.2, 0.25) is 0 Å². The first-order valence-electron chi connectivity index (χ1n) is 12.9. The van der Waals surface area contributed by atoms with Crippen molar-refractivity contribution in [2.45, 2.75) is 32.2 Å². The van der Waals surface area contributed by atoms with Crippen molar-refractivity contribution >= 4 is 11.6 Å². The number of hydrogen-bond donors (Lipinski definition) is 1. The maximum atomic E-state index is 14.4. The number of amides is 1. The molecule has 0 unspecified atom stereocenters. The van der Waals surface area contributed by atoms with Crippen molar-refractivity contribution in [2.24, 2.45) is 0 Å². The van der Waals surface area contributed by atoms with Gasteiger partial charge in [-0.25, -0.2) is 22.7 Å². The maximum absolute atomic E-state index is 14.4. The van der Waals surface area contributed by atoms with Crippen molar-refractivity contribution in [3.05, 3.63) is 87.5 Å². The lowest BCUT2D eigenvalue weighted by atomic mass is 9.87. The molecule has 0 bridgehead atoms. The number of piperazine rings is 1. The Balaban J connectivity index is 1.31. The van der Waals surface area contributed by atoms with Crippen LogP contribution in [0.25, 0.3) is 16.9 Å². The van der Waals surface area contributed by atoms with Gasteiger partial charge in [-0.3, -0.25) is 9.69 Å². The van der Waals surface area contributed by atoms with Gasteiger partial charge in [0.05, 0.1) is 18.5 Å². The lowest BCUT2D eigenvalue weighted by molar-refractivity contribution is -0.143. The van der Waals surface area contributed by atoms with Crippen LogP contribution in [0.15, 0.2) is 36.5 Å². The van der Waals surface area contributed by atoms with Crippen molar-refractivity contribution in [3.8, 4) is 11.3 Å². The quantitative estimate of drug-likeness (QED) is 0.289. The van der Waals surface area contributed by atoms with Gasteiger partial charge in [0.1, 0.15) is 11.4 Å². The highest BCUT2D eigenvalue weighted by molar-refractivity contribution is 6.00. The largest absolute Gasteiger partial charge is 0.433 e. The molecule has 0 saturated carbocycles. The summed E-state index contributed by atoms with van der Waals surface area (Å²) in [5.41, 5.74) is 0.564. The molecule has 13 heteroatoms. The van der Waals surface area contributed by atoms with E-state index < -0.39 is 35.2 Å². The number of carbonyl (C=O) groups is 1. The van der Waals surface area contributed by atoms with Crippen molar-refractivity contribution < 1.29 is 36.2 Å². The van der Waals surface area contributed by atoms with E-state index >= 15 is 0 Å². The zero-order chi connectivity index (χ0) is 29.1. The molecule has 1 aliphatic carbocycles. The normalized spacial score (nSPS) is 15.7. The minimum absolute atomic E-state index is 0.00835. The minimum Gasteiger partial charge on any atom is -0.392 e. The maximum Gasteiger partial charge on any atom is 0.433 e. The van der Waals surface area contributed by atoms with Crippen molar-refractivity contribution in [1.29, 1.82) is 0 Å². The molecule has 1 fully saturated rings. The van der Waals surface area contributed by atoms with Gasteiger partial charge >= 0.3 is 6.18 Å². The van der Waals surface area contributed by atoms with E-state index in [4.69, 9.17) is 0 Å². The lowest BCUT2D eigenvalue weighted by Crippen LogP contribution is -2.48. The molecular weight excluding hydrogens is 552 g/mol. The summed E-state index contributed by atoms with van der Waals surface area (Å²) in [5, 5.41) is 13.4. The Morgan fingerprint density at radius 1 is 1.00 bits per heavy atom. The lowest BCUT2D eigenvalue weighted by Gasteiger charge is -2.34. The molecule has 1 aliphatic heterocycles. The van der Waals surface area contributed by atoms with Gasteiger partial charge in [-0.2, -0.15) is 18.3 Å². The summed E-state index contributed by atoms with van der Waals surface area (Å²) in [6.07, 6.45) is -3.29. The summed E-state index contributed by atoms with van der Waals surface area (Å²) in [6, 6.07) is 6.38. The molecule has 2 aliphatic rings. The number of alkyl halides is 3. The fourth-order valence-electron chi connectivity index (χ4n) is 5.62. The molecule has 4 aromatic rings. The van der Waals surface area contributed by atoms with Crippen LogP contribution >= 0.6 is 0 Å². The SMILES string of the molecule is O=C(c1cnn2c(C(F)(F)F)c3c(nc12)-c1ccc(CO)cc1CC3)N1CCN(Cc2cc(F)cc(F)c2F)CC1. The van der Waals surface area contributed by atoms with Gasteiger partial charge in [0.25, 0.3) is 5.91 Å². The Kier molecular flexibility index (Phi) is 6.73. The van der Waals surface area contributed by atoms with Gasteiger partial charge in [0.15, 0.2) is 23.0 Å². The summed E-state index contributed by atoms with van der Waals surface area (Å²) < 4.78 is 85.0. The van der Waals surface area contributed by atoms with E-state index in [9.17, 15) is 36.2 Å². The molecule has 41 heavy (non-hydrogen) atoms. The topological polar surface area (TPSA) is 74.0 Å². The summed E-state index contributed by atoms with van der Waals surface area (Å²) in [4.78, 5) is 21.2. The highest BCUT2D eigenvalue weighted by Crippen LogP contribution is 2.41. The van der Waals surface area contributed by atoms with Gasteiger partial charge < -0.3 is 10.0 Å². The van der Waals surface area contributed by atoms with Gasteiger partial charge in [-0.15, -0.1) is 0 Å². The summed E-state index contributed by atoms with van der Waals surface area (Å²) in [6.45, 7) is 0.528. The van der Waals surface area contributed by atoms with Crippen LogP contribution in [0.3, 0.4) is 0 Å². The summed E-state index contributed by atoms with van der Waals surface area (Å²) >= 11 is 0. The molecule has 0 spiro atoms. The van der Waals surface area contributed by atoms with Crippen LogP contribution in [0, 0.1) is 17.5 Å². The second-order valence-electron chi connectivity index (χ2n) is 10.2. The van der Waals surface area contributed by atoms with E-state index in [1.807, 2.05) is 0 Å². The molecule has 6 rings (SSSR count). The number of rotatable bonds is 4. The Hall–Kier alpha value is -3.97. The Bertz CT molecular complexity index is 1680. The number of benzene rings is 2. The number of aryl methyl sites for hydroxylation is 1. The van der Waals surface area contributed by atoms with E-state index in [1.54, 1.807) is 23.1 Å². The first kappa shape index (κ1) is 27.2. The average Bonchev–Trinajstić information content (AvgIpc) is 3.36. The number of aliphatic hydroxyl groups excluding tert-OH is 1. The van der Waals surface area contributed by atoms with Crippen molar-refractivity contribution in [1.82, 2.24) is 24.4 Å². The van der Waals surface area contributed by atoms with Crippen LogP contribution in [0.4, 0.5) is 26.3 Å². The third kappa shape index (κ3) is 4.82. The number of aromatic nitrogens is 3.